The molecule has 268 valence electrons. The van der Waals surface area contributed by atoms with Crippen molar-refractivity contribution in [2.45, 2.75) is 50.6 Å². The highest BCUT2D eigenvalue weighted by Gasteiger charge is 2.29. The summed E-state index contributed by atoms with van der Waals surface area (Å²) in [5.74, 6) is 2.35. The molecular weight excluding hydrogens is 687 g/mol. The zero-order valence-electron chi connectivity index (χ0n) is 29.0. The van der Waals surface area contributed by atoms with Crippen molar-refractivity contribution in [2.24, 2.45) is 0 Å². The molecule has 6 heterocycles. The molecule has 0 aliphatic heterocycles. The van der Waals surface area contributed by atoms with Gasteiger partial charge >= 0.3 is 0 Å². The fourth-order valence-electron chi connectivity index (χ4n) is 6.60. The van der Waals surface area contributed by atoms with E-state index in [0.717, 1.165) is 47.6 Å². The molecule has 54 heavy (non-hydrogen) atoms. The van der Waals surface area contributed by atoms with Crippen LogP contribution in [0.25, 0.3) is 45.1 Å². The maximum Gasteiger partial charge on any atom is 0.182 e. The first-order chi connectivity index (χ1) is 26.4. The second-order valence-corrected chi connectivity index (χ2v) is 13.6. The summed E-state index contributed by atoms with van der Waals surface area (Å²) in [7, 11) is 0. The van der Waals surface area contributed by atoms with Gasteiger partial charge in [0.1, 0.15) is 34.7 Å². The van der Waals surface area contributed by atoms with E-state index in [1.165, 1.54) is 12.1 Å². The summed E-state index contributed by atoms with van der Waals surface area (Å²) in [5, 5.41) is 10.9. The number of hydrogen-bond acceptors (Lipinski definition) is 10. The Balaban J connectivity index is 0.000000142. The van der Waals surface area contributed by atoms with E-state index in [-0.39, 0.29) is 24.7 Å². The van der Waals surface area contributed by atoms with Gasteiger partial charge in [-0.2, -0.15) is 10.2 Å². The lowest BCUT2D eigenvalue weighted by Gasteiger charge is -2.05. The molecule has 2 aliphatic carbocycles. The number of fused-ring (bicyclic) bond motifs is 2. The zero-order valence-corrected chi connectivity index (χ0v) is 29.0. The van der Waals surface area contributed by atoms with Gasteiger partial charge in [0.2, 0.25) is 0 Å². The maximum absolute atomic E-state index is 14.1. The number of hydrogen-bond donors (Lipinski definition) is 2. The van der Waals surface area contributed by atoms with Crippen LogP contribution >= 0.6 is 0 Å². The van der Waals surface area contributed by atoms with Crippen molar-refractivity contribution in [1.29, 1.82) is 0 Å². The Morgan fingerprint density at radius 1 is 0.556 bits per heavy atom. The molecule has 12 nitrogen and oxygen atoms in total. The number of nitrogens with zero attached hydrogens (tertiary/aromatic N) is 10. The first-order valence-electron chi connectivity index (χ1n) is 17.8. The number of nitrogens with two attached hydrogens (primary N) is 2. The summed E-state index contributed by atoms with van der Waals surface area (Å²) < 4.78 is 31.5. The molecule has 0 atom stereocenters. The van der Waals surface area contributed by atoms with E-state index in [2.05, 4.69) is 40.1 Å². The SMILES string of the molecule is Nc1nc(-c2nn(Cc3ccccc3F)c3ncccc23)ncc1C1CC1.Nc1nc(-c2nn(Cc3ccccc3F)c3ncccc23)ncc1C1CC1. The summed E-state index contributed by atoms with van der Waals surface area (Å²) in [6.45, 7) is 0.547. The number of pyridine rings is 2. The number of halogens is 2. The molecular formula is C40H34F2N12. The van der Waals surface area contributed by atoms with Gasteiger partial charge in [-0.15, -0.1) is 0 Å². The third-order valence-corrected chi connectivity index (χ3v) is 9.72. The van der Waals surface area contributed by atoms with Crippen LogP contribution in [0.1, 0.15) is 59.8 Å². The van der Waals surface area contributed by atoms with Crippen LogP contribution in [0, 0.1) is 11.6 Å². The van der Waals surface area contributed by atoms with Gasteiger partial charge in [-0.05, 0) is 73.9 Å². The molecule has 14 heteroatoms. The van der Waals surface area contributed by atoms with E-state index in [1.807, 2.05) is 24.3 Å². The van der Waals surface area contributed by atoms with Gasteiger partial charge in [-0.1, -0.05) is 36.4 Å². The number of rotatable bonds is 8. The highest BCUT2D eigenvalue weighted by atomic mass is 19.1. The Morgan fingerprint density at radius 3 is 1.37 bits per heavy atom. The van der Waals surface area contributed by atoms with Crippen molar-refractivity contribution in [3.05, 3.63) is 131 Å². The maximum atomic E-state index is 14.1. The zero-order chi connectivity index (χ0) is 36.8. The molecule has 0 unspecified atom stereocenters. The van der Waals surface area contributed by atoms with Crippen LogP contribution < -0.4 is 11.5 Å². The fraction of sp³-hybridized carbons (Fsp3) is 0.200. The molecule has 0 spiro atoms. The standard InChI is InChI=1S/2C20H17FN6/c2*21-16-6-2-1-4-13(16)11-27-20-14(5-3-9-23-20)17(26-27)19-24-10-15(12-7-8-12)18(22)25-19/h2*1-6,9-10,12H,7-8,11H2,(H2,22,24,25). The topological polar surface area (TPSA) is 165 Å². The quantitative estimate of drug-likeness (QED) is 0.166. The molecule has 10 rings (SSSR count). The molecule has 0 radical (unpaired) electrons. The molecule has 2 aromatic carbocycles. The Labute approximate surface area is 308 Å². The average molecular weight is 721 g/mol. The molecule has 4 N–H and O–H groups in total. The van der Waals surface area contributed by atoms with Gasteiger partial charge in [-0.3, -0.25) is 0 Å². The van der Waals surface area contributed by atoms with Crippen LogP contribution in [0.2, 0.25) is 0 Å². The Kier molecular flexibility index (Phi) is 8.41. The number of benzene rings is 2. The van der Waals surface area contributed by atoms with Gasteiger partial charge in [-0.25, -0.2) is 48.0 Å². The minimum Gasteiger partial charge on any atom is -0.383 e. The highest BCUT2D eigenvalue weighted by molar-refractivity contribution is 5.90. The van der Waals surface area contributed by atoms with E-state index in [4.69, 9.17) is 11.5 Å². The Bertz CT molecular complexity index is 2480. The predicted octanol–water partition coefficient (Wildman–Crippen LogP) is 7.07. The molecule has 0 saturated heterocycles. The van der Waals surface area contributed by atoms with E-state index < -0.39 is 0 Å². The monoisotopic (exact) mass is 720 g/mol. The number of anilines is 2. The van der Waals surface area contributed by atoms with Gasteiger partial charge in [0, 0.05) is 47.0 Å². The number of nitrogen functional groups attached to an aromatic ring is 2. The van der Waals surface area contributed by atoms with Crippen molar-refractivity contribution in [3.63, 3.8) is 0 Å². The van der Waals surface area contributed by atoms with Crippen LogP contribution in [-0.4, -0.2) is 49.5 Å². The van der Waals surface area contributed by atoms with Crippen molar-refractivity contribution in [3.8, 4) is 23.0 Å². The van der Waals surface area contributed by atoms with Crippen LogP contribution in [0.15, 0.2) is 97.6 Å². The molecule has 8 aromatic rings. The van der Waals surface area contributed by atoms with Gasteiger partial charge < -0.3 is 11.5 Å². The largest absolute Gasteiger partial charge is 0.383 e. The van der Waals surface area contributed by atoms with Crippen LogP contribution in [0.4, 0.5) is 20.4 Å². The minimum atomic E-state index is -0.270. The lowest BCUT2D eigenvalue weighted by molar-refractivity contribution is 0.589. The molecule has 0 bridgehead atoms. The molecule has 2 aliphatic rings. The van der Waals surface area contributed by atoms with Crippen molar-refractivity contribution >= 4 is 33.7 Å². The number of aromatic nitrogens is 10. The van der Waals surface area contributed by atoms with Gasteiger partial charge in [0.05, 0.1) is 23.9 Å². The molecule has 2 saturated carbocycles. The second-order valence-electron chi connectivity index (χ2n) is 13.6. The third kappa shape index (κ3) is 6.46. The van der Waals surface area contributed by atoms with Gasteiger partial charge in [0.25, 0.3) is 0 Å². The highest BCUT2D eigenvalue weighted by Crippen LogP contribution is 2.43. The molecule has 0 amide bonds. The van der Waals surface area contributed by atoms with Crippen molar-refractivity contribution in [2.75, 3.05) is 11.5 Å². The minimum absolute atomic E-state index is 0.270. The summed E-state index contributed by atoms with van der Waals surface area (Å²) in [6, 6.07) is 20.8. The first-order valence-corrected chi connectivity index (χ1v) is 17.8. The first kappa shape index (κ1) is 33.2. The molecule has 2 fully saturated rings. The Morgan fingerprint density at radius 2 is 0.981 bits per heavy atom. The van der Waals surface area contributed by atoms with Crippen molar-refractivity contribution < 1.29 is 8.78 Å². The van der Waals surface area contributed by atoms with E-state index in [9.17, 15) is 8.78 Å². The van der Waals surface area contributed by atoms with Crippen LogP contribution in [-0.2, 0) is 13.1 Å². The van der Waals surface area contributed by atoms with E-state index in [0.29, 0.717) is 68.9 Å². The lowest BCUT2D eigenvalue weighted by Crippen LogP contribution is -2.05. The summed E-state index contributed by atoms with van der Waals surface area (Å²) in [6.07, 6.45) is 11.5. The molecule has 6 aromatic heterocycles. The van der Waals surface area contributed by atoms with E-state index in [1.54, 1.807) is 70.5 Å². The van der Waals surface area contributed by atoms with Crippen LogP contribution in [0.3, 0.4) is 0 Å². The normalized spacial score (nSPS) is 14.0. The lowest BCUT2D eigenvalue weighted by atomic mass is 10.2. The second kappa shape index (κ2) is 13.7. The summed E-state index contributed by atoms with van der Waals surface area (Å²) in [4.78, 5) is 26.8. The average Bonchev–Trinajstić information content (AvgIpc) is 4.14. The predicted molar refractivity (Wildman–Crippen MR) is 201 cm³/mol. The fourth-order valence-corrected chi connectivity index (χ4v) is 6.60. The third-order valence-electron chi connectivity index (χ3n) is 9.72. The van der Waals surface area contributed by atoms with Gasteiger partial charge in [0.15, 0.2) is 22.9 Å². The van der Waals surface area contributed by atoms with E-state index >= 15 is 0 Å². The summed E-state index contributed by atoms with van der Waals surface area (Å²) >= 11 is 0. The summed E-state index contributed by atoms with van der Waals surface area (Å²) in [5.41, 5.74) is 17.9. The van der Waals surface area contributed by atoms with Crippen molar-refractivity contribution in [1.82, 2.24) is 49.5 Å². The van der Waals surface area contributed by atoms with Crippen LogP contribution in [0.5, 0.6) is 0 Å². The Hall–Kier alpha value is -6.70. The smallest absolute Gasteiger partial charge is 0.182 e.